The largest absolute Gasteiger partial charge is 0.350 e. The lowest BCUT2D eigenvalue weighted by atomic mass is 9.94. The molecule has 1 aromatic rings. The number of amides is 1. The standard InChI is InChI=1S/C13H19N3O/c17-13(9-11-4-7-14-8-5-11)16-10-12-3-1-2-6-15-12/h1-3,6,11,14H,4-5,7-10H2,(H,16,17). The van der Waals surface area contributed by atoms with Crippen LogP contribution in [0.4, 0.5) is 0 Å². The summed E-state index contributed by atoms with van der Waals surface area (Å²) in [5.41, 5.74) is 0.908. The number of nitrogens with one attached hydrogen (secondary N) is 2. The number of aromatic nitrogens is 1. The zero-order chi connectivity index (χ0) is 11.9. The van der Waals surface area contributed by atoms with Gasteiger partial charge in [-0.1, -0.05) is 6.07 Å². The Kier molecular flexibility index (Phi) is 4.50. The van der Waals surface area contributed by atoms with Gasteiger partial charge >= 0.3 is 0 Å². The van der Waals surface area contributed by atoms with Crippen LogP contribution in [-0.4, -0.2) is 24.0 Å². The highest BCUT2D eigenvalue weighted by atomic mass is 16.1. The first-order valence-electron chi connectivity index (χ1n) is 6.22. The predicted octanol–water partition coefficient (Wildman–Crippen LogP) is 1.09. The Labute approximate surface area is 102 Å². The average Bonchev–Trinajstić information content (AvgIpc) is 2.39. The fourth-order valence-corrected chi connectivity index (χ4v) is 2.11. The Morgan fingerprint density at radius 2 is 2.24 bits per heavy atom. The van der Waals surface area contributed by atoms with Gasteiger partial charge in [0.25, 0.3) is 0 Å². The summed E-state index contributed by atoms with van der Waals surface area (Å²) >= 11 is 0. The molecule has 2 rings (SSSR count). The molecule has 17 heavy (non-hydrogen) atoms. The van der Waals surface area contributed by atoms with Gasteiger partial charge in [-0.3, -0.25) is 9.78 Å². The van der Waals surface area contributed by atoms with Crippen LogP contribution in [0, 0.1) is 5.92 Å². The van der Waals surface area contributed by atoms with E-state index >= 15 is 0 Å². The van der Waals surface area contributed by atoms with E-state index in [0.29, 0.717) is 18.9 Å². The summed E-state index contributed by atoms with van der Waals surface area (Å²) in [5.74, 6) is 0.683. The average molecular weight is 233 g/mol. The number of hydrogen-bond acceptors (Lipinski definition) is 3. The molecule has 0 atom stereocenters. The predicted molar refractivity (Wildman–Crippen MR) is 66.3 cm³/mol. The molecule has 1 aromatic heterocycles. The maximum Gasteiger partial charge on any atom is 0.220 e. The number of hydrogen-bond donors (Lipinski definition) is 2. The second-order valence-electron chi connectivity index (χ2n) is 4.50. The molecule has 1 amide bonds. The van der Waals surface area contributed by atoms with Crippen LogP contribution in [0.1, 0.15) is 25.0 Å². The summed E-state index contributed by atoms with van der Waals surface area (Å²) in [4.78, 5) is 15.9. The molecule has 0 spiro atoms. The number of carbonyl (C=O) groups excluding carboxylic acids is 1. The highest BCUT2D eigenvalue weighted by Gasteiger charge is 2.16. The molecule has 92 valence electrons. The lowest BCUT2D eigenvalue weighted by Gasteiger charge is -2.21. The van der Waals surface area contributed by atoms with Crippen molar-refractivity contribution in [1.29, 1.82) is 0 Å². The van der Waals surface area contributed by atoms with Gasteiger partial charge in [-0.15, -0.1) is 0 Å². The molecule has 0 aromatic carbocycles. The van der Waals surface area contributed by atoms with Gasteiger partial charge in [0, 0.05) is 12.6 Å². The minimum atomic E-state index is 0.141. The number of piperidine rings is 1. The number of rotatable bonds is 4. The summed E-state index contributed by atoms with van der Waals surface area (Å²) in [7, 11) is 0. The van der Waals surface area contributed by atoms with Crippen molar-refractivity contribution < 1.29 is 4.79 Å². The maximum absolute atomic E-state index is 11.7. The van der Waals surface area contributed by atoms with Gasteiger partial charge in [0.2, 0.25) is 5.91 Å². The minimum Gasteiger partial charge on any atom is -0.350 e. The molecule has 2 N–H and O–H groups in total. The Morgan fingerprint density at radius 1 is 1.41 bits per heavy atom. The van der Waals surface area contributed by atoms with Crippen molar-refractivity contribution in [3.05, 3.63) is 30.1 Å². The van der Waals surface area contributed by atoms with Gasteiger partial charge in [0.1, 0.15) is 0 Å². The number of pyridine rings is 1. The van der Waals surface area contributed by atoms with Crippen molar-refractivity contribution in [3.8, 4) is 0 Å². The van der Waals surface area contributed by atoms with Crippen molar-refractivity contribution in [1.82, 2.24) is 15.6 Å². The van der Waals surface area contributed by atoms with Crippen molar-refractivity contribution in [2.75, 3.05) is 13.1 Å². The summed E-state index contributed by atoms with van der Waals surface area (Å²) < 4.78 is 0. The van der Waals surface area contributed by atoms with E-state index < -0.39 is 0 Å². The van der Waals surface area contributed by atoms with E-state index in [4.69, 9.17) is 0 Å². The van der Waals surface area contributed by atoms with Crippen LogP contribution in [0.2, 0.25) is 0 Å². The van der Waals surface area contributed by atoms with Crippen LogP contribution in [0.3, 0.4) is 0 Å². The van der Waals surface area contributed by atoms with Gasteiger partial charge in [-0.25, -0.2) is 0 Å². The molecule has 1 aliphatic rings. The van der Waals surface area contributed by atoms with Crippen LogP contribution >= 0.6 is 0 Å². The van der Waals surface area contributed by atoms with Gasteiger partial charge in [0.15, 0.2) is 0 Å². The minimum absolute atomic E-state index is 0.141. The molecule has 0 bridgehead atoms. The molecule has 0 unspecified atom stereocenters. The molecule has 4 heteroatoms. The topological polar surface area (TPSA) is 54.0 Å². The fourth-order valence-electron chi connectivity index (χ4n) is 2.11. The first-order valence-corrected chi connectivity index (χ1v) is 6.22. The Morgan fingerprint density at radius 3 is 2.94 bits per heavy atom. The molecule has 1 saturated heterocycles. The molecule has 4 nitrogen and oxygen atoms in total. The number of carbonyl (C=O) groups is 1. The second-order valence-corrected chi connectivity index (χ2v) is 4.50. The van der Waals surface area contributed by atoms with E-state index in [2.05, 4.69) is 15.6 Å². The third kappa shape index (κ3) is 4.15. The molecule has 2 heterocycles. The lowest BCUT2D eigenvalue weighted by Crippen LogP contribution is -2.32. The van der Waals surface area contributed by atoms with Gasteiger partial charge < -0.3 is 10.6 Å². The smallest absolute Gasteiger partial charge is 0.220 e. The van der Waals surface area contributed by atoms with Crippen LogP contribution in [0.15, 0.2) is 24.4 Å². The Balaban J connectivity index is 1.70. The first-order chi connectivity index (χ1) is 8.34. The van der Waals surface area contributed by atoms with E-state index in [1.54, 1.807) is 6.20 Å². The first kappa shape index (κ1) is 12.0. The van der Waals surface area contributed by atoms with Crippen molar-refractivity contribution in [3.63, 3.8) is 0 Å². The third-order valence-corrected chi connectivity index (χ3v) is 3.13. The van der Waals surface area contributed by atoms with Crippen LogP contribution < -0.4 is 10.6 Å². The zero-order valence-electron chi connectivity index (χ0n) is 9.98. The van der Waals surface area contributed by atoms with Crippen molar-refractivity contribution >= 4 is 5.91 Å². The third-order valence-electron chi connectivity index (χ3n) is 3.13. The molecule has 0 radical (unpaired) electrons. The summed E-state index contributed by atoms with van der Waals surface area (Å²) in [6.45, 7) is 2.61. The summed E-state index contributed by atoms with van der Waals surface area (Å²) in [6, 6.07) is 5.73. The summed E-state index contributed by atoms with van der Waals surface area (Å²) in [5, 5.41) is 6.23. The van der Waals surface area contributed by atoms with E-state index in [0.717, 1.165) is 31.6 Å². The van der Waals surface area contributed by atoms with Gasteiger partial charge in [-0.2, -0.15) is 0 Å². The normalized spacial score (nSPS) is 16.7. The zero-order valence-corrected chi connectivity index (χ0v) is 9.98. The van der Waals surface area contributed by atoms with E-state index in [-0.39, 0.29) is 5.91 Å². The van der Waals surface area contributed by atoms with Crippen LogP contribution in [-0.2, 0) is 11.3 Å². The Hall–Kier alpha value is -1.42. The highest BCUT2D eigenvalue weighted by Crippen LogP contribution is 2.15. The molecule has 0 aliphatic carbocycles. The molecular weight excluding hydrogens is 214 g/mol. The van der Waals surface area contributed by atoms with Crippen molar-refractivity contribution in [2.45, 2.75) is 25.8 Å². The van der Waals surface area contributed by atoms with Crippen LogP contribution in [0.5, 0.6) is 0 Å². The lowest BCUT2D eigenvalue weighted by molar-refractivity contribution is -0.122. The highest BCUT2D eigenvalue weighted by molar-refractivity contribution is 5.76. The molecule has 1 aliphatic heterocycles. The van der Waals surface area contributed by atoms with E-state index in [1.165, 1.54) is 0 Å². The Bertz CT molecular complexity index is 347. The molecule has 0 saturated carbocycles. The van der Waals surface area contributed by atoms with Crippen molar-refractivity contribution in [2.24, 2.45) is 5.92 Å². The SMILES string of the molecule is O=C(CC1CCNCC1)NCc1ccccn1. The molecule has 1 fully saturated rings. The van der Waals surface area contributed by atoms with Gasteiger partial charge in [-0.05, 0) is 44.0 Å². The second kappa shape index (κ2) is 6.35. The summed E-state index contributed by atoms with van der Waals surface area (Å²) in [6.07, 6.45) is 4.61. The van der Waals surface area contributed by atoms with E-state index in [1.807, 2.05) is 18.2 Å². The van der Waals surface area contributed by atoms with Gasteiger partial charge in [0.05, 0.1) is 12.2 Å². The van der Waals surface area contributed by atoms with E-state index in [9.17, 15) is 4.79 Å². The molecular formula is C13H19N3O. The fraction of sp³-hybridized carbons (Fsp3) is 0.538. The quantitative estimate of drug-likeness (QED) is 0.818. The maximum atomic E-state index is 11.7. The number of nitrogens with zero attached hydrogens (tertiary/aromatic N) is 1. The van der Waals surface area contributed by atoms with Crippen LogP contribution in [0.25, 0.3) is 0 Å². The monoisotopic (exact) mass is 233 g/mol.